The predicted octanol–water partition coefficient (Wildman–Crippen LogP) is 2.94. The van der Waals surface area contributed by atoms with Crippen molar-refractivity contribution in [2.75, 3.05) is 12.4 Å². The number of ether oxygens (including phenoxy) is 1. The van der Waals surface area contributed by atoms with E-state index in [4.69, 9.17) is 4.74 Å². The Morgan fingerprint density at radius 1 is 1.12 bits per heavy atom. The van der Waals surface area contributed by atoms with Gasteiger partial charge in [0.2, 0.25) is 5.91 Å². The molecule has 0 atom stereocenters. The van der Waals surface area contributed by atoms with Crippen molar-refractivity contribution in [1.82, 2.24) is 14.8 Å². The second-order valence-corrected chi connectivity index (χ2v) is 7.18. The highest BCUT2D eigenvalue weighted by molar-refractivity contribution is 5.93. The number of aromatic nitrogens is 3. The first-order valence-electron chi connectivity index (χ1n) is 9.96. The van der Waals surface area contributed by atoms with E-state index >= 15 is 0 Å². The third kappa shape index (κ3) is 4.69. The summed E-state index contributed by atoms with van der Waals surface area (Å²) in [6, 6.07) is 14.6. The van der Waals surface area contributed by atoms with Gasteiger partial charge in [0.1, 0.15) is 12.3 Å². The number of rotatable bonds is 7. The number of hydrogen-bond acceptors (Lipinski definition) is 7. The summed E-state index contributed by atoms with van der Waals surface area (Å²) < 4.78 is 6.27. The zero-order valence-corrected chi connectivity index (χ0v) is 17.6. The highest BCUT2D eigenvalue weighted by Gasteiger charge is 2.17. The maximum absolute atomic E-state index is 13.0. The van der Waals surface area contributed by atoms with E-state index in [1.54, 1.807) is 24.5 Å². The molecule has 0 aliphatic carbocycles. The molecule has 10 heteroatoms. The van der Waals surface area contributed by atoms with Crippen LogP contribution in [0.15, 0.2) is 71.8 Å². The number of carbonyl (C=O) groups excluding carboxylic acids is 1. The maximum Gasteiger partial charge on any atom is 0.275 e. The molecule has 0 aliphatic heterocycles. The molecule has 1 N–H and O–H groups in total. The van der Waals surface area contributed by atoms with E-state index in [1.807, 2.05) is 24.3 Å². The van der Waals surface area contributed by atoms with Crippen molar-refractivity contribution in [3.63, 3.8) is 0 Å². The number of nitrogens with one attached hydrogen (secondary N) is 1. The van der Waals surface area contributed by atoms with E-state index in [2.05, 4.69) is 15.4 Å². The van der Waals surface area contributed by atoms with Crippen LogP contribution in [0.2, 0.25) is 0 Å². The fourth-order valence-corrected chi connectivity index (χ4v) is 3.47. The minimum Gasteiger partial charge on any atom is -0.495 e. The summed E-state index contributed by atoms with van der Waals surface area (Å²) >= 11 is 0. The first-order valence-corrected chi connectivity index (χ1v) is 9.96. The average Bonchev–Trinajstić information content (AvgIpc) is 2.82. The molecule has 33 heavy (non-hydrogen) atoms. The van der Waals surface area contributed by atoms with Crippen LogP contribution in [-0.4, -0.2) is 32.7 Å². The van der Waals surface area contributed by atoms with Crippen LogP contribution in [0.1, 0.15) is 11.3 Å². The van der Waals surface area contributed by atoms with E-state index in [9.17, 15) is 19.7 Å². The lowest BCUT2D eigenvalue weighted by Gasteiger charge is -2.13. The van der Waals surface area contributed by atoms with Crippen LogP contribution in [0.5, 0.6) is 5.75 Å². The summed E-state index contributed by atoms with van der Waals surface area (Å²) in [5, 5.41) is 19.2. The van der Waals surface area contributed by atoms with Gasteiger partial charge in [0.25, 0.3) is 11.2 Å². The zero-order valence-electron chi connectivity index (χ0n) is 17.6. The molecular weight excluding hydrogens is 426 g/mol. The average molecular weight is 445 g/mol. The number of anilines is 1. The number of hydrogen-bond donors (Lipinski definition) is 1. The van der Waals surface area contributed by atoms with Gasteiger partial charge >= 0.3 is 0 Å². The minimum absolute atomic E-state index is 0.127. The molecule has 2 aromatic carbocycles. The van der Waals surface area contributed by atoms with Crippen LogP contribution >= 0.6 is 0 Å². The van der Waals surface area contributed by atoms with Crippen molar-refractivity contribution in [1.29, 1.82) is 0 Å². The SMILES string of the molecule is COc1ccc([N+](=O)[O-])cc1NC(=O)Cn1nc(Cc2ccncc2)c2ccccc2c1=O. The van der Waals surface area contributed by atoms with Crippen molar-refractivity contribution < 1.29 is 14.5 Å². The first kappa shape index (κ1) is 21.6. The number of nitro benzene ring substituents is 1. The molecule has 0 unspecified atom stereocenters. The lowest BCUT2D eigenvalue weighted by Crippen LogP contribution is -2.30. The first-order chi connectivity index (χ1) is 16.0. The van der Waals surface area contributed by atoms with Crippen LogP contribution in [0.3, 0.4) is 0 Å². The van der Waals surface area contributed by atoms with Crippen LogP contribution in [0.25, 0.3) is 10.8 Å². The lowest BCUT2D eigenvalue weighted by atomic mass is 10.1. The number of nitrogens with zero attached hydrogens (tertiary/aromatic N) is 4. The van der Waals surface area contributed by atoms with Crippen LogP contribution in [-0.2, 0) is 17.8 Å². The minimum atomic E-state index is -0.575. The highest BCUT2D eigenvalue weighted by Crippen LogP contribution is 2.28. The number of non-ortho nitro benzene ring substituents is 1. The topological polar surface area (TPSA) is 129 Å². The van der Waals surface area contributed by atoms with Gasteiger partial charge in [-0.15, -0.1) is 0 Å². The summed E-state index contributed by atoms with van der Waals surface area (Å²) in [5.41, 5.74) is 1.11. The van der Waals surface area contributed by atoms with E-state index in [0.29, 0.717) is 22.9 Å². The van der Waals surface area contributed by atoms with Crippen molar-refractivity contribution in [2.24, 2.45) is 0 Å². The standard InChI is InChI=1S/C23H19N5O5/c1-33-21-7-6-16(28(31)32)13-20(21)25-22(29)14-27-23(30)18-5-3-2-4-17(18)19(26-27)12-15-8-10-24-11-9-15/h2-11,13H,12,14H2,1H3,(H,25,29). The van der Waals surface area contributed by atoms with Crippen molar-refractivity contribution >= 4 is 28.1 Å². The second-order valence-electron chi connectivity index (χ2n) is 7.18. The molecule has 10 nitrogen and oxygen atoms in total. The van der Waals surface area contributed by atoms with Gasteiger partial charge in [0.05, 0.1) is 28.8 Å². The van der Waals surface area contributed by atoms with Crippen LogP contribution in [0, 0.1) is 10.1 Å². The van der Waals surface area contributed by atoms with Gasteiger partial charge in [-0.05, 0) is 29.8 Å². The molecule has 2 heterocycles. The van der Waals surface area contributed by atoms with Gasteiger partial charge < -0.3 is 10.1 Å². The normalized spacial score (nSPS) is 10.7. The van der Waals surface area contributed by atoms with E-state index in [0.717, 1.165) is 10.2 Å². The molecule has 0 bridgehead atoms. The molecule has 0 spiro atoms. The van der Waals surface area contributed by atoms with Gasteiger partial charge in [-0.1, -0.05) is 18.2 Å². The van der Waals surface area contributed by atoms with Crippen LogP contribution in [0.4, 0.5) is 11.4 Å². The van der Waals surface area contributed by atoms with E-state index < -0.39 is 16.4 Å². The maximum atomic E-state index is 13.0. The number of methoxy groups -OCH3 is 1. The van der Waals surface area contributed by atoms with E-state index in [1.165, 1.54) is 25.3 Å². The van der Waals surface area contributed by atoms with Gasteiger partial charge in [0.15, 0.2) is 0 Å². The molecule has 4 aromatic rings. The fraction of sp³-hybridized carbons (Fsp3) is 0.130. The Hall–Kier alpha value is -4.60. The number of benzene rings is 2. The largest absolute Gasteiger partial charge is 0.495 e. The Morgan fingerprint density at radius 3 is 2.55 bits per heavy atom. The number of pyridine rings is 1. The smallest absolute Gasteiger partial charge is 0.275 e. The van der Waals surface area contributed by atoms with Gasteiger partial charge in [-0.25, -0.2) is 4.68 Å². The number of fused-ring (bicyclic) bond motifs is 1. The van der Waals surface area contributed by atoms with Gasteiger partial charge in [0, 0.05) is 36.3 Å². The summed E-state index contributed by atoms with van der Waals surface area (Å²) in [6.45, 7) is -0.376. The molecule has 0 saturated heterocycles. The Kier molecular flexibility index (Phi) is 6.07. The fourth-order valence-electron chi connectivity index (χ4n) is 3.47. The van der Waals surface area contributed by atoms with Crippen molar-refractivity contribution in [2.45, 2.75) is 13.0 Å². The molecule has 0 aliphatic rings. The molecule has 1 amide bonds. The Bertz CT molecular complexity index is 1400. The quantitative estimate of drug-likeness (QED) is 0.342. The number of carbonyl (C=O) groups is 1. The van der Waals surface area contributed by atoms with Gasteiger partial charge in [-0.2, -0.15) is 5.10 Å². The Balaban J connectivity index is 1.67. The number of nitro groups is 1. The zero-order chi connectivity index (χ0) is 23.4. The molecule has 0 fully saturated rings. The molecule has 166 valence electrons. The third-order valence-electron chi connectivity index (χ3n) is 5.03. The summed E-state index contributed by atoms with van der Waals surface area (Å²) in [4.78, 5) is 40.2. The molecule has 4 rings (SSSR count). The molecule has 0 radical (unpaired) electrons. The Morgan fingerprint density at radius 2 is 1.85 bits per heavy atom. The monoisotopic (exact) mass is 445 g/mol. The van der Waals surface area contributed by atoms with E-state index in [-0.39, 0.29) is 23.7 Å². The molecule has 2 aromatic heterocycles. The summed E-state index contributed by atoms with van der Waals surface area (Å²) in [5.74, 6) is -0.320. The lowest BCUT2D eigenvalue weighted by molar-refractivity contribution is -0.384. The summed E-state index contributed by atoms with van der Waals surface area (Å²) in [7, 11) is 1.39. The van der Waals surface area contributed by atoms with Crippen molar-refractivity contribution in [3.8, 4) is 5.75 Å². The molecular formula is C23H19N5O5. The molecule has 0 saturated carbocycles. The highest BCUT2D eigenvalue weighted by atomic mass is 16.6. The third-order valence-corrected chi connectivity index (χ3v) is 5.03. The van der Waals surface area contributed by atoms with Gasteiger partial charge in [-0.3, -0.25) is 24.7 Å². The predicted molar refractivity (Wildman–Crippen MR) is 121 cm³/mol. The van der Waals surface area contributed by atoms with Crippen molar-refractivity contribution in [3.05, 3.63) is 98.7 Å². The second kappa shape index (κ2) is 9.27. The Labute approximate surface area is 187 Å². The van der Waals surface area contributed by atoms with Crippen LogP contribution < -0.4 is 15.6 Å². The number of amides is 1. The summed E-state index contributed by atoms with van der Waals surface area (Å²) in [6.07, 6.45) is 3.80.